The fourth-order valence-electron chi connectivity index (χ4n) is 5.74. The van der Waals surface area contributed by atoms with Crippen molar-refractivity contribution in [2.24, 2.45) is 0 Å². The van der Waals surface area contributed by atoms with Crippen LogP contribution in [0, 0.1) is 0 Å². The fraction of sp³-hybridized carbons (Fsp3) is 0.881. The van der Waals surface area contributed by atoms with Gasteiger partial charge in [0.1, 0.15) is 19.8 Å². The summed E-state index contributed by atoms with van der Waals surface area (Å²) in [6, 6.07) is 0. The summed E-state index contributed by atoms with van der Waals surface area (Å²) in [7, 11) is 1.32. The van der Waals surface area contributed by atoms with E-state index in [1.807, 2.05) is 27.2 Å². The summed E-state index contributed by atoms with van der Waals surface area (Å²) in [6.07, 6.45) is 39.9. The first kappa shape index (κ1) is 49.8. The van der Waals surface area contributed by atoms with Crippen molar-refractivity contribution in [3.63, 3.8) is 0 Å². The van der Waals surface area contributed by atoms with Crippen molar-refractivity contribution >= 4 is 13.8 Å². The van der Waals surface area contributed by atoms with Gasteiger partial charge in [0.2, 0.25) is 0 Å². The smallest absolute Gasteiger partial charge is 0.306 e. The summed E-state index contributed by atoms with van der Waals surface area (Å²) < 4.78 is 34.3. The van der Waals surface area contributed by atoms with Crippen LogP contribution in [0.1, 0.15) is 187 Å². The predicted octanol–water partition coefficient (Wildman–Crippen LogP) is 11.8. The molecule has 2 unspecified atom stereocenters. The quantitative estimate of drug-likeness (QED) is 0.0154. The maximum Gasteiger partial charge on any atom is 0.306 e. The molecule has 0 saturated carbocycles. The third kappa shape index (κ3) is 39.9. The number of esters is 1. The van der Waals surface area contributed by atoms with Gasteiger partial charge in [0, 0.05) is 6.42 Å². The van der Waals surface area contributed by atoms with E-state index in [2.05, 4.69) is 26.0 Å². The van der Waals surface area contributed by atoms with Crippen LogP contribution < -0.4 is 4.89 Å². The second-order valence-corrected chi connectivity index (χ2v) is 16.8. The van der Waals surface area contributed by atoms with Crippen molar-refractivity contribution in [2.45, 2.75) is 193 Å². The molecule has 0 aromatic rings. The average molecular weight is 744 g/mol. The Hall–Kier alpha value is -1.18. The number of carbonyl (C=O) groups is 1. The van der Waals surface area contributed by atoms with E-state index in [0.29, 0.717) is 17.4 Å². The Kier molecular flexibility index (Phi) is 35.0. The SMILES string of the molecule is CCCCCCCC/C=C/CCCCCCCC(=O)OC(CO/C=C/CCCCCCCCCCCCCC)COP(=O)([O-])OCC[N+](C)(C)C. The van der Waals surface area contributed by atoms with E-state index < -0.39 is 13.9 Å². The standard InChI is InChI=1S/C42H82NO7P/c1-6-8-10-12-14-16-18-20-22-23-25-27-29-31-33-35-42(44)50-41(40-49-51(45,46)48-38-36-43(3,4)5)39-47-37-34-32-30-28-26-24-21-19-17-15-13-11-9-7-2/h20,22,34,37,41H,6-19,21,23-33,35-36,38-40H2,1-5H3/b22-20+,37-34+. The summed E-state index contributed by atoms with van der Waals surface area (Å²) in [5.74, 6) is -0.364. The molecule has 0 aliphatic heterocycles. The van der Waals surface area contributed by atoms with E-state index in [0.717, 1.165) is 44.9 Å². The van der Waals surface area contributed by atoms with Crippen molar-refractivity contribution in [1.82, 2.24) is 0 Å². The van der Waals surface area contributed by atoms with Gasteiger partial charge in [-0.15, -0.1) is 0 Å². The number of ether oxygens (including phenoxy) is 2. The van der Waals surface area contributed by atoms with Gasteiger partial charge in [-0.25, -0.2) is 0 Å². The van der Waals surface area contributed by atoms with Gasteiger partial charge in [-0.05, 0) is 51.0 Å². The molecule has 0 amide bonds. The lowest BCUT2D eigenvalue weighted by atomic mass is 10.0. The number of quaternary nitrogens is 1. The molecule has 51 heavy (non-hydrogen) atoms. The number of carbonyl (C=O) groups excluding carboxylic acids is 1. The van der Waals surface area contributed by atoms with Crippen molar-refractivity contribution in [1.29, 1.82) is 0 Å². The number of likely N-dealkylation sites (N-methyl/N-ethyl adjacent to an activating group) is 1. The molecule has 0 aromatic carbocycles. The van der Waals surface area contributed by atoms with E-state index in [-0.39, 0.29) is 25.8 Å². The second-order valence-electron chi connectivity index (χ2n) is 15.4. The van der Waals surface area contributed by atoms with Gasteiger partial charge in [0.25, 0.3) is 7.82 Å². The molecular weight excluding hydrogens is 661 g/mol. The van der Waals surface area contributed by atoms with E-state index in [1.54, 1.807) is 6.26 Å². The lowest BCUT2D eigenvalue weighted by molar-refractivity contribution is -0.870. The summed E-state index contributed by atoms with van der Waals surface area (Å²) in [4.78, 5) is 25.0. The van der Waals surface area contributed by atoms with Crippen LogP contribution in [-0.4, -0.2) is 64.1 Å². The third-order valence-corrected chi connectivity index (χ3v) is 10.0. The summed E-state index contributed by atoms with van der Waals surface area (Å²) in [5, 5.41) is 0. The van der Waals surface area contributed by atoms with Crippen molar-refractivity contribution in [2.75, 3.05) is 47.5 Å². The Morgan fingerprint density at radius 3 is 1.51 bits per heavy atom. The second kappa shape index (κ2) is 35.8. The van der Waals surface area contributed by atoms with Crippen LogP contribution in [0.2, 0.25) is 0 Å². The van der Waals surface area contributed by atoms with Gasteiger partial charge in [-0.3, -0.25) is 9.36 Å². The van der Waals surface area contributed by atoms with Crippen molar-refractivity contribution in [3.8, 4) is 0 Å². The summed E-state index contributed by atoms with van der Waals surface area (Å²) >= 11 is 0. The number of phosphoric acid groups is 1. The Bertz CT molecular complexity index is 874. The predicted molar refractivity (Wildman–Crippen MR) is 213 cm³/mol. The molecule has 0 aliphatic carbocycles. The first-order chi connectivity index (χ1) is 24.6. The molecule has 0 bridgehead atoms. The molecule has 0 aliphatic rings. The van der Waals surface area contributed by atoms with Crippen LogP contribution in [0.5, 0.6) is 0 Å². The number of phosphoric ester groups is 1. The minimum Gasteiger partial charge on any atom is -0.756 e. The Labute approximate surface area is 315 Å². The summed E-state index contributed by atoms with van der Waals surface area (Å²) in [5.41, 5.74) is 0. The van der Waals surface area contributed by atoms with Gasteiger partial charge in [0.05, 0.1) is 34.0 Å². The van der Waals surface area contributed by atoms with Crippen LogP contribution in [-0.2, 0) is 27.9 Å². The van der Waals surface area contributed by atoms with Crippen LogP contribution in [0.15, 0.2) is 24.5 Å². The highest BCUT2D eigenvalue weighted by atomic mass is 31.2. The molecule has 0 radical (unpaired) electrons. The molecule has 0 fully saturated rings. The van der Waals surface area contributed by atoms with Crippen LogP contribution in [0.25, 0.3) is 0 Å². The number of hydrogen-bond acceptors (Lipinski definition) is 7. The molecule has 9 heteroatoms. The van der Waals surface area contributed by atoms with Crippen molar-refractivity contribution in [3.05, 3.63) is 24.5 Å². The average Bonchev–Trinajstić information content (AvgIpc) is 3.08. The molecule has 0 rings (SSSR count). The highest BCUT2D eigenvalue weighted by Gasteiger charge is 2.20. The molecular formula is C42H82NO7P. The normalized spacial score (nSPS) is 14.0. The van der Waals surface area contributed by atoms with Gasteiger partial charge >= 0.3 is 5.97 Å². The number of rotatable bonds is 39. The molecule has 0 aromatic heterocycles. The van der Waals surface area contributed by atoms with Crippen LogP contribution in [0.4, 0.5) is 0 Å². The van der Waals surface area contributed by atoms with Gasteiger partial charge in [0.15, 0.2) is 6.10 Å². The van der Waals surface area contributed by atoms with Gasteiger partial charge < -0.3 is 27.9 Å². The zero-order chi connectivity index (χ0) is 37.7. The fourth-order valence-corrected chi connectivity index (χ4v) is 6.47. The number of nitrogens with zero attached hydrogens (tertiary/aromatic N) is 1. The Morgan fingerprint density at radius 1 is 0.608 bits per heavy atom. The maximum absolute atomic E-state index is 12.6. The molecule has 0 heterocycles. The molecule has 2 atom stereocenters. The van der Waals surface area contributed by atoms with E-state index >= 15 is 0 Å². The molecule has 302 valence electrons. The lowest BCUT2D eigenvalue weighted by Crippen LogP contribution is -2.37. The summed E-state index contributed by atoms with van der Waals surface area (Å²) in [6.45, 7) is 4.73. The minimum absolute atomic E-state index is 0.0164. The maximum atomic E-state index is 12.6. The van der Waals surface area contributed by atoms with E-state index in [9.17, 15) is 14.3 Å². The molecule has 0 saturated heterocycles. The Morgan fingerprint density at radius 2 is 1.04 bits per heavy atom. The zero-order valence-corrected chi connectivity index (χ0v) is 35.0. The molecule has 0 N–H and O–H groups in total. The van der Waals surface area contributed by atoms with Crippen LogP contribution >= 0.6 is 7.82 Å². The highest BCUT2D eigenvalue weighted by Crippen LogP contribution is 2.38. The molecule has 8 nitrogen and oxygen atoms in total. The zero-order valence-electron chi connectivity index (χ0n) is 34.1. The largest absolute Gasteiger partial charge is 0.756 e. The lowest BCUT2D eigenvalue weighted by Gasteiger charge is -2.28. The Balaban J connectivity index is 4.32. The number of unbranched alkanes of at least 4 members (excludes halogenated alkanes) is 23. The van der Waals surface area contributed by atoms with E-state index in [4.69, 9.17) is 18.5 Å². The number of allylic oxidation sites excluding steroid dienone is 3. The highest BCUT2D eigenvalue weighted by molar-refractivity contribution is 7.45. The van der Waals surface area contributed by atoms with E-state index in [1.165, 1.54) is 122 Å². The van der Waals surface area contributed by atoms with Crippen LogP contribution in [0.3, 0.4) is 0 Å². The van der Waals surface area contributed by atoms with Gasteiger partial charge in [-0.2, -0.15) is 0 Å². The minimum atomic E-state index is -4.54. The number of hydrogen-bond donors (Lipinski definition) is 0. The van der Waals surface area contributed by atoms with Gasteiger partial charge in [-0.1, -0.05) is 148 Å². The van der Waals surface area contributed by atoms with Crippen molar-refractivity contribution < 1.29 is 37.3 Å². The topological polar surface area (TPSA) is 94.1 Å². The first-order valence-electron chi connectivity index (χ1n) is 21.1. The first-order valence-corrected chi connectivity index (χ1v) is 22.6. The third-order valence-electron chi connectivity index (χ3n) is 9.07. The molecule has 0 spiro atoms. The monoisotopic (exact) mass is 744 g/mol.